The van der Waals surface area contributed by atoms with Gasteiger partial charge in [-0.1, -0.05) is 112 Å². The van der Waals surface area contributed by atoms with E-state index >= 15 is 0 Å². The summed E-state index contributed by atoms with van der Waals surface area (Å²) in [7, 11) is -2.11. The van der Waals surface area contributed by atoms with Crippen molar-refractivity contribution in [1.29, 1.82) is 0 Å². The highest BCUT2D eigenvalue weighted by atomic mass is 28.4. The average molecular weight is 419 g/mol. The number of hydrogen-bond acceptors (Lipinski definition) is 1. The maximum Gasteiger partial charge on any atom is 0.220 e. The first kappa shape index (κ1) is 24.2. The summed E-state index contributed by atoms with van der Waals surface area (Å²) in [5.74, 6) is 7.88. The summed E-state index contributed by atoms with van der Waals surface area (Å²) in [6.07, 6.45) is 4.34. The van der Waals surface area contributed by atoms with Crippen molar-refractivity contribution in [1.82, 2.24) is 0 Å². The Morgan fingerprint density at radius 3 is 1.97 bits per heavy atom. The zero-order valence-corrected chi connectivity index (χ0v) is 21.0. The molecule has 160 valence electrons. The van der Waals surface area contributed by atoms with Gasteiger partial charge >= 0.3 is 0 Å². The molecule has 1 nitrogen and oxygen atoms in total. The van der Waals surface area contributed by atoms with Gasteiger partial charge < -0.3 is 4.43 Å². The minimum absolute atomic E-state index is 0.160. The average Bonchev–Trinajstić information content (AvgIpc) is 2.71. The SMILES string of the molecule is Cc1ccc(/C=C/[C@H](C)C#CC(O[Si](C)(C)c2ccccc2)(C(C)C)C(C)C)cc1. The Balaban J connectivity index is 2.30. The molecule has 2 aromatic carbocycles. The van der Waals surface area contributed by atoms with E-state index in [0.29, 0.717) is 11.8 Å². The highest BCUT2D eigenvalue weighted by Gasteiger charge is 2.43. The summed E-state index contributed by atoms with van der Waals surface area (Å²) < 4.78 is 7.00. The van der Waals surface area contributed by atoms with E-state index in [0.717, 1.165) is 0 Å². The molecule has 0 radical (unpaired) electrons. The van der Waals surface area contributed by atoms with Crippen molar-refractivity contribution in [2.45, 2.75) is 60.2 Å². The number of hydrogen-bond donors (Lipinski definition) is 0. The fraction of sp³-hybridized carbons (Fsp3) is 0.429. The quantitative estimate of drug-likeness (QED) is 0.354. The van der Waals surface area contributed by atoms with Gasteiger partial charge in [0.05, 0.1) is 0 Å². The molecule has 0 N–H and O–H groups in total. The fourth-order valence-electron chi connectivity index (χ4n) is 3.74. The first-order valence-electron chi connectivity index (χ1n) is 11.1. The van der Waals surface area contributed by atoms with Crippen molar-refractivity contribution in [3.05, 3.63) is 71.8 Å². The topological polar surface area (TPSA) is 9.23 Å². The van der Waals surface area contributed by atoms with E-state index in [1.165, 1.54) is 16.3 Å². The monoisotopic (exact) mass is 418 g/mol. The Morgan fingerprint density at radius 2 is 1.43 bits per heavy atom. The number of allylic oxidation sites excluding steroid dienone is 1. The van der Waals surface area contributed by atoms with Crippen LogP contribution < -0.4 is 5.19 Å². The van der Waals surface area contributed by atoms with Crippen LogP contribution in [0.25, 0.3) is 6.08 Å². The third-order valence-electron chi connectivity index (χ3n) is 5.76. The number of rotatable bonds is 7. The molecule has 0 aromatic heterocycles. The summed E-state index contributed by atoms with van der Waals surface area (Å²) >= 11 is 0. The first-order valence-corrected chi connectivity index (χ1v) is 14.0. The van der Waals surface area contributed by atoms with Crippen molar-refractivity contribution < 1.29 is 4.43 Å². The van der Waals surface area contributed by atoms with Crippen LogP contribution >= 0.6 is 0 Å². The van der Waals surface area contributed by atoms with Crippen LogP contribution in [0.15, 0.2) is 60.7 Å². The fourth-order valence-corrected chi connectivity index (χ4v) is 6.22. The largest absolute Gasteiger partial charge is 0.396 e. The lowest BCUT2D eigenvalue weighted by atomic mass is 9.80. The normalized spacial score (nSPS) is 13.5. The lowest BCUT2D eigenvalue weighted by molar-refractivity contribution is 0.0291. The van der Waals surface area contributed by atoms with Crippen molar-refractivity contribution in [2.24, 2.45) is 17.8 Å². The predicted molar refractivity (Wildman–Crippen MR) is 134 cm³/mol. The van der Waals surface area contributed by atoms with E-state index in [-0.39, 0.29) is 5.92 Å². The highest BCUT2D eigenvalue weighted by molar-refractivity contribution is 6.84. The Hall–Kier alpha value is -2.08. The summed E-state index contributed by atoms with van der Waals surface area (Å²) in [6.45, 7) is 17.8. The van der Waals surface area contributed by atoms with Gasteiger partial charge in [0, 0.05) is 5.92 Å². The lowest BCUT2D eigenvalue weighted by Gasteiger charge is -2.43. The Labute approximate surface area is 185 Å². The van der Waals surface area contributed by atoms with Crippen LogP contribution in [0.2, 0.25) is 13.1 Å². The van der Waals surface area contributed by atoms with E-state index in [1.807, 2.05) is 0 Å². The van der Waals surface area contributed by atoms with E-state index in [2.05, 4.69) is 133 Å². The van der Waals surface area contributed by atoms with Crippen LogP contribution in [0.4, 0.5) is 0 Å². The molecule has 0 saturated heterocycles. The second-order valence-corrected chi connectivity index (χ2v) is 13.2. The molecule has 0 unspecified atom stereocenters. The molecule has 0 aliphatic heterocycles. The van der Waals surface area contributed by atoms with E-state index in [1.54, 1.807) is 0 Å². The van der Waals surface area contributed by atoms with E-state index in [4.69, 9.17) is 4.43 Å². The van der Waals surface area contributed by atoms with Gasteiger partial charge in [-0.25, -0.2) is 0 Å². The molecule has 0 heterocycles. The lowest BCUT2D eigenvalue weighted by Crippen LogP contribution is -2.56. The Bertz CT molecular complexity index is 872. The predicted octanol–water partition coefficient (Wildman–Crippen LogP) is 6.83. The van der Waals surface area contributed by atoms with Gasteiger partial charge in [-0.05, 0) is 49.5 Å². The van der Waals surface area contributed by atoms with Crippen LogP contribution in [0.1, 0.15) is 45.7 Å². The van der Waals surface area contributed by atoms with Gasteiger partial charge in [0.15, 0.2) is 0 Å². The third kappa shape index (κ3) is 6.21. The second kappa shape index (κ2) is 10.3. The summed E-state index contributed by atoms with van der Waals surface area (Å²) in [5, 5.41) is 1.31. The van der Waals surface area contributed by atoms with Crippen LogP contribution in [0, 0.1) is 36.5 Å². The summed E-state index contributed by atoms with van der Waals surface area (Å²) in [6, 6.07) is 19.2. The molecule has 0 amide bonds. The zero-order chi connectivity index (χ0) is 22.4. The second-order valence-electron chi connectivity index (χ2n) is 9.41. The van der Waals surface area contributed by atoms with Crippen molar-refractivity contribution in [2.75, 3.05) is 0 Å². The highest BCUT2D eigenvalue weighted by Crippen LogP contribution is 2.33. The van der Waals surface area contributed by atoms with Gasteiger partial charge in [-0.2, -0.15) is 0 Å². The molecule has 2 aromatic rings. The molecular formula is C28H38OSi. The molecular weight excluding hydrogens is 380 g/mol. The molecule has 2 heteroatoms. The maximum atomic E-state index is 7.00. The maximum absolute atomic E-state index is 7.00. The minimum atomic E-state index is -2.11. The molecule has 2 rings (SSSR count). The third-order valence-corrected chi connectivity index (χ3v) is 8.33. The summed E-state index contributed by atoms with van der Waals surface area (Å²) in [4.78, 5) is 0. The van der Waals surface area contributed by atoms with Gasteiger partial charge in [0.25, 0.3) is 0 Å². The van der Waals surface area contributed by atoms with Gasteiger partial charge in [-0.3, -0.25) is 0 Å². The zero-order valence-electron chi connectivity index (χ0n) is 20.0. The molecule has 0 saturated carbocycles. The van der Waals surface area contributed by atoms with Crippen LogP contribution in [-0.4, -0.2) is 13.9 Å². The van der Waals surface area contributed by atoms with Crippen molar-refractivity contribution >= 4 is 19.6 Å². The molecule has 0 fully saturated rings. The molecule has 0 aliphatic rings. The van der Waals surface area contributed by atoms with Crippen LogP contribution in [0.3, 0.4) is 0 Å². The van der Waals surface area contributed by atoms with Crippen molar-refractivity contribution in [3.8, 4) is 11.8 Å². The smallest absolute Gasteiger partial charge is 0.220 e. The molecule has 0 aliphatic carbocycles. The molecule has 0 bridgehead atoms. The number of benzene rings is 2. The van der Waals surface area contributed by atoms with E-state index < -0.39 is 13.9 Å². The van der Waals surface area contributed by atoms with Gasteiger partial charge in [0.1, 0.15) is 5.60 Å². The first-order chi connectivity index (χ1) is 14.1. The standard InChI is InChI=1S/C28H38OSi/c1-22(2)28(23(3)4,29-30(7,8)27-12-10-9-11-13-27)21-20-25(6)16-19-26-17-14-24(5)15-18-26/h9-19,22-23,25H,1-8H3/b19-16+/t25-/m0/s1. The van der Waals surface area contributed by atoms with E-state index in [9.17, 15) is 0 Å². The van der Waals surface area contributed by atoms with Crippen LogP contribution in [0.5, 0.6) is 0 Å². The minimum Gasteiger partial charge on any atom is -0.396 e. The molecule has 30 heavy (non-hydrogen) atoms. The van der Waals surface area contributed by atoms with Gasteiger partial charge in [0.2, 0.25) is 8.32 Å². The van der Waals surface area contributed by atoms with Crippen molar-refractivity contribution in [3.63, 3.8) is 0 Å². The Kier molecular flexibility index (Phi) is 8.30. The molecule has 0 spiro atoms. The Morgan fingerprint density at radius 1 is 0.867 bits per heavy atom. The number of aryl methyl sites for hydroxylation is 1. The van der Waals surface area contributed by atoms with Gasteiger partial charge in [-0.15, -0.1) is 0 Å². The summed E-state index contributed by atoms with van der Waals surface area (Å²) in [5.41, 5.74) is 2.03. The molecule has 1 atom stereocenters. The van der Waals surface area contributed by atoms with Crippen LogP contribution in [-0.2, 0) is 4.43 Å².